The molecule has 0 aliphatic rings. The predicted octanol–water partition coefficient (Wildman–Crippen LogP) is 3.78. The van der Waals surface area contributed by atoms with Crippen LogP contribution in [0.4, 0.5) is 0 Å². The normalized spacial score (nSPS) is 12.6. The fourth-order valence-corrected chi connectivity index (χ4v) is 1.94. The van der Waals surface area contributed by atoms with Gasteiger partial charge in [-0.3, -0.25) is 0 Å². The van der Waals surface area contributed by atoms with Crippen molar-refractivity contribution in [1.29, 1.82) is 0 Å². The second-order valence-corrected chi connectivity index (χ2v) is 5.45. The number of benzene rings is 1. The monoisotopic (exact) mass is 232 g/mol. The highest BCUT2D eigenvalue weighted by Gasteiger charge is 2.16. The molecule has 2 nitrogen and oxygen atoms in total. The fourth-order valence-electron chi connectivity index (χ4n) is 1.94. The molecular weight excluding hydrogens is 212 g/mol. The third kappa shape index (κ3) is 3.45. The Morgan fingerprint density at radius 2 is 1.88 bits per heavy atom. The highest BCUT2D eigenvalue weighted by Crippen LogP contribution is 2.28. The van der Waals surface area contributed by atoms with Gasteiger partial charge in [0.05, 0.1) is 0 Å². The van der Waals surface area contributed by atoms with Gasteiger partial charge in [0, 0.05) is 6.08 Å². The van der Waals surface area contributed by atoms with Crippen LogP contribution in [0.15, 0.2) is 24.3 Å². The lowest BCUT2D eigenvalue weighted by molar-refractivity contribution is -0.131. The van der Waals surface area contributed by atoms with Crippen LogP contribution < -0.4 is 0 Å². The molecule has 0 saturated heterocycles. The Bertz CT molecular complexity index is 462. The Morgan fingerprint density at radius 1 is 1.29 bits per heavy atom. The summed E-state index contributed by atoms with van der Waals surface area (Å²) in [6, 6.07) is 6.11. The summed E-state index contributed by atoms with van der Waals surface area (Å²) < 4.78 is 0. The summed E-state index contributed by atoms with van der Waals surface area (Å²) in [6.45, 7) is 10.4. The van der Waals surface area contributed by atoms with E-state index < -0.39 is 5.97 Å². The van der Waals surface area contributed by atoms with E-state index >= 15 is 0 Å². The Kier molecular flexibility index (Phi) is 3.76. The van der Waals surface area contributed by atoms with Crippen molar-refractivity contribution in [1.82, 2.24) is 0 Å². The number of carbonyl (C=O) groups is 1. The highest BCUT2D eigenvalue weighted by atomic mass is 16.4. The second kappa shape index (κ2) is 4.74. The van der Waals surface area contributed by atoms with Crippen molar-refractivity contribution in [3.05, 3.63) is 41.0 Å². The molecule has 1 N–H and O–H groups in total. The molecule has 0 aliphatic carbocycles. The summed E-state index contributed by atoms with van der Waals surface area (Å²) in [5.41, 5.74) is 4.33. The predicted molar refractivity (Wildman–Crippen MR) is 71.2 cm³/mol. The van der Waals surface area contributed by atoms with Gasteiger partial charge in [-0.25, -0.2) is 4.79 Å². The zero-order valence-corrected chi connectivity index (χ0v) is 11.2. The molecule has 0 amide bonds. The summed E-state index contributed by atoms with van der Waals surface area (Å²) in [6.07, 6.45) is 1.25. The van der Waals surface area contributed by atoms with Crippen LogP contribution in [0.2, 0.25) is 0 Å². The van der Waals surface area contributed by atoms with Gasteiger partial charge < -0.3 is 5.11 Å². The van der Waals surface area contributed by atoms with Gasteiger partial charge >= 0.3 is 5.97 Å². The standard InChI is InChI=1S/C15H20O2/c1-10-6-7-12(11(2)8-14(16)17)9-13(10)15(3,4)5/h6-9H,1-5H3,(H,16,17)/b11-8+. The van der Waals surface area contributed by atoms with E-state index in [4.69, 9.17) is 5.11 Å². The average Bonchev–Trinajstić information content (AvgIpc) is 2.15. The SMILES string of the molecule is C/C(=C\C(=O)O)c1ccc(C)c(C(C)(C)C)c1. The van der Waals surface area contributed by atoms with Crippen LogP contribution >= 0.6 is 0 Å². The van der Waals surface area contributed by atoms with Crippen LogP contribution in [0.25, 0.3) is 5.57 Å². The minimum atomic E-state index is -0.902. The molecule has 1 aromatic carbocycles. The first-order chi connectivity index (χ1) is 7.71. The molecule has 0 aromatic heterocycles. The molecule has 0 bridgehead atoms. The first-order valence-electron chi connectivity index (χ1n) is 5.74. The van der Waals surface area contributed by atoms with E-state index in [-0.39, 0.29) is 5.41 Å². The molecule has 2 heteroatoms. The Labute approximate surface area is 103 Å². The van der Waals surface area contributed by atoms with Crippen molar-refractivity contribution in [2.45, 2.75) is 40.0 Å². The van der Waals surface area contributed by atoms with E-state index in [0.717, 1.165) is 11.1 Å². The zero-order chi connectivity index (χ0) is 13.2. The molecule has 1 rings (SSSR count). The van der Waals surface area contributed by atoms with E-state index in [2.05, 4.69) is 39.8 Å². The maximum absolute atomic E-state index is 10.7. The molecule has 17 heavy (non-hydrogen) atoms. The maximum atomic E-state index is 10.7. The molecule has 0 aliphatic heterocycles. The Balaban J connectivity index is 3.27. The fraction of sp³-hybridized carbons (Fsp3) is 0.400. The quantitative estimate of drug-likeness (QED) is 0.788. The zero-order valence-electron chi connectivity index (χ0n) is 11.2. The van der Waals surface area contributed by atoms with Crippen molar-refractivity contribution in [3.8, 4) is 0 Å². The lowest BCUT2D eigenvalue weighted by Crippen LogP contribution is -2.13. The molecule has 0 spiro atoms. The third-order valence-corrected chi connectivity index (χ3v) is 2.84. The number of rotatable bonds is 2. The van der Waals surface area contributed by atoms with Crippen molar-refractivity contribution in [3.63, 3.8) is 0 Å². The first kappa shape index (κ1) is 13.5. The van der Waals surface area contributed by atoms with Crippen LogP contribution in [-0.2, 0) is 10.2 Å². The summed E-state index contributed by atoms with van der Waals surface area (Å²) >= 11 is 0. The number of aryl methyl sites for hydroxylation is 1. The number of hydrogen-bond donors (Lipinski definition) is 1. The van der Waals surface area contributed by atoms with E-state index in [0.29, 0.717) is 0 Å². The van der Waals surface area contributed by atoms with E-state index in [9.17, 15) is 4.79 Å². The van der Waals surface area contributed by atoms with Crippen molar-refractivity contribution < 1.29 is 9.90 Å². The molecule has 1 aromatic rings. The van der Waals surface area contributed by atoms with Gasteiger partial charge in [0.15, 0.2) is 0 Å². The third-order valence-electron chi connectivity index (χ3n) is 2.84. The minimum absolute atomic E-state index is 0.0730. The summed E-state index contributed by atoms with van der Waals surface area (Å²) in [4.78, 5) is 10.7. The molecular formula is C15H20O2. The molecule has 92 valence electrons. The molecule has 0 heterocycles. The number of allylic oxidation sites excluding steroid dienone is 1. The molecule has 0 saturated carbocycles. The summed E-state index contributed by atoms with van der Waals surface area (Å²) in [7, 11) is 0. The van der Waals surface area contributed by atoms with Gasteiger partial charge in [-0.1, -0.05) is 39.0 Å². The molecule has 0 unspecified atom stereocenters. The topological polar surface area (TPSA) is 37.3 Å². The van der Waals surface area contributed by atoms with Crippen molar-refractivity contribution in [2.75, 3.05) is 0 Å². The van der Waals surface area contributed by atoms with Crippen LogP contribution in [0.5, 0.6) is 0 Å². The second-order valence-electron chi connectivity index (χ2n) is 5.45. The van der Waals surface area contributed by atoms with Crippen molar-refractivity contribution in [2.24, 2.45) is 0 Å². The largest absolute Gasteiger partial charge is 0.478 e. The Morgan fingerprint density at radius 3 is 2.35 bits per heavy atom. The summed E-state index contributed by atoms with van der Waals surface area (Å²) in [5.74, 6) is -0.902. The van der Waals surface area contributed by atoms with Gasteiger partial charge in [0.25, 0.3) is 0 Å². The molecule has 0 fully saturated rings. The lowest BCUT2D eigenvalue weighted by Gasteiger charge is -2.22. The Hall–Kier alpha value is -1.57. The smallest absolute Gasteiger partial charge is 0.328 e. The van der Waals surface area contributed by atoms with Crippen LogP contribution in [-0.4, -0.2) is 11.1 Å². The van der Waals surface area contributed by atoms with Gasteiger partial charge in [-0.2, -0.15) is 0 Å². The molecule has 0 radical (unpaired) electrons. The minimum Gasteiger partial charge on any atom is -0.478 e. The maximum Gasteiger partial charge on any atom is 0.328 e. The van der Waals surface area contributed by atoms with Crippen LogP contribution in [0.3, 0.4) is 0 Å². The van der Waals surface area contributed by atoms with Gasteiger partial charge in [-0.05, 0) is 41.5 Å². The molecule has 0 atom stereocenters. The van der Waals surface area contributed by atoms with Gasteiger partial charge in [-0.15, -0.1) is 0 Å². The van der Waals surface area contributed by atoms with Gasteiger partial charge in [0.2, 0.25) is 0 Å². The van der Waals surface area contributed by atoms with E-state index in [1.807, 2.05) is 13.0 Å². The number of carboxylic acid groups (broad SMARTS) is 1. The van der Waals surface area contributed by atoms with E-state index in [1.54, 1.807) is 0 Å². The van der Waals surface area contributed by atoms with E-state index in [1.165, 1.54) is 17.2 Å². The highest BCUT2D eigenvalue weighted by molar-refractivity contribution is 5.89. The number of hydrogen-bond acceptors (Lipinski definition) is 1. The lowest BCUT2D eigenvalue weighted by atomic mass is 9.82. The van der Waals surface area contributed by atoms with Crippen LogP contribution in [0.1, 0.15) is 44.4 Å². The number of carboxylic acids is 1. The average molecular weight is 232 g/mol. The summed E-state index contributed by atoms with van der Waals surface area (Å²) in [5, 5.41) is 8.75. The van der Waals surface area contributed by atoms with Crippen LogP contribution in [0, 0.1) is 6.92 Å². The van der Waals surface area contributed by atoms with Crippen molar-refractivity contribution >= 4 is 11.5 Å². The van der Waals surface area contributed by atoms with Gasteiger partial charge in [0.1, 0.15) is 0 Å². The number of aliphatic carboxylic acids is 1. The first-order valence-corrected chi connectivity index (χ1v) is 5.74.